The van der Waals surface area contributed by atoms with Crippen molar-refractivity contribution in [2.75, 3.05) is 0 Å². The Morgan fingerprint density at radius 3 is 1.38 bits per heavy atom. The van der Waals surface area contributed by atoms with Gasteiger partial charge < -0.3 is 6.92 Å². The Labute approximate surface area is 67.8 Å². The van der Waals surface area contributed by atoms with E-state index in [0.29, 0.717) is 0 Å². The third-order valence-electron chi connectivity index (χ3n) is 0.577. The summed E-state index contributed by atoms with van der Waals surface area (Å²) in [6.45, 7) is 8.00. The van der Waals surface area contributed by atoms with Gasteiger partial charge in [-0.2, -0.15) is 6.42 Å². The molecular formula is C7H19Zn-. The monoisotopic (exact) mass is 167 g/mol. The first-order valence-corrected chi connectivity index (χ1v) is 2.06. The molecule has 0 spiro atoms. The van der Waals surface area contributed by atoms with Crippen LogP contribution in [0.4, 0.5) is 0 Å². The second-order valence-corrected chi connectivity index (χ2v) is 1.68. The van der Waals surface area contributed by atoms with Crippen molar-refractivity contribution in [3.63, 3.8) is 0 Å². The van der Waals surface area contributed by atoms with Gasteiger partial charge in [-0.15, -0.1) is 0 Å². The van der Waals surface area contributed by atoms with E-state index >= 15 is 0 Å². The van der Waals surface area contributed by atoms with E-state index in [-0.39, 0.29) is 34.3 Å². The molecule has 0 aliphatic heterocycles. The number of hydrogen-bond acceptors (Lipinski definition) is 0. The van der Waals surface area contributed by atoms with Gasteiger partial charge in [0.15, 0.2) is 0 Å². The van der Waals surface area contributed by atoms with Crippen LogP contribution in [-0.2, 0) is 19.5 Å². The Kier molecular flexibility index (Phi) is 45.9. The van der Waals surface area contributed by atoms with E-state index < -0.39 is 0 Å². The van der Waals surface area contributed by atoms with Gasteiger partial charge in [-0.1, -0.05) is 34.6 Å². The molecule has 0 rings (SSSR count). The molecule has 50 valence electrons. The van der Waals surface area contributed by atoms with Crippen LogP contribution < -0.4 is 0 Å². The predicted octanol–water partition coefficient (Wildman–Crippen LogP) is 3.14. The van der Waals surface area contributed by atoms with Crippen LogP contribution in [0.2, 0.25) is 0 Å². The zero-order chi connectivity index (χ0) is 4.28. The molecule has 0 N–H and O–H groups in total. The zero-order valence-electron chi connectivity index (χ0n) is 4.70. The van der Waals surface area contributed by atoms with Gasteiger partial charge in [0.2, 0.25) is 0 Å². The molecule has 0 aromatic carbocycles. The van der Waals surface area contributed by atoms with Gasteiger partial charge in [-0.3, -0.25) is 0 Å². The van der Waals surface area contributed by atoms with Gasteiger partial charge in [0.25, 0.3) is 0 Å². The molecule has 8 heavy (non-hydrogen) atoms. The molecule has 0 saturated carbocycles. The number of hydrogen-bond donors (Lipinski definition) is 0. The summed E-state index contributed by atoms with van der Waals surface area (Å²) in [6, 6.07) is 0. The number of rotatable bonds is 1. The normalized spacial score (nSPS) is 6.00. The SMILES string of the molecule is C.C.[CH2-]CC(C)C.[Zn]. The first-order chi connectivity index (χ1) is 2.27. The summed E-state index contributed by atoms with van der Waals surface area (Å²) in [5.74, 6) is 0.773. The minimum Gasteiger partial charge on any atom is -0.343 e. The van der Waals surface area contributed by atoms with Gasteiger partial charge in [0, 0.05) is 19.5 Å². The summed E-state index contributed by atoms with van der Waals surface area (Å²) in [6.07, 6.45) is 1.06. The maximum absolute atomic E-state index is 3.69. The molecule has 0 bridgehead atoms. The van der Waals surface area contributed by atoms with E-state index in [1.807, 2.05) is 0 Å². The van der Waals surface area contributed by atoms with Crippen LogP contribution in [0.3, 0.4) is 0 Å². The molecule has 0 heterocycles. The van der Waals surface area contributed by atoms with Crippen LogP contribution in [0.15, 0.2) is 0 Å². The van der Waals surface area contributed by atoms with Crippen LogP contribution in [0, 0.1) is 12.8 Å². The predicted molar refractivity (Wildman–Crippen MR) is 38.3 cm³/mol. The van der Waals surface area contributed by atoms with Crippen molar-refractivity contribution in [3.05, 3.63) is 6.92 Å². The molecule has 0 aromatic heterocycles. The van der Waals surface area contributed by atoms with Crippen LogP contribution in [-0.4, -0.2) is 0 Å². The second kappa shape index (κ2) is 15.6. The Hall–Kier alpha value is 0.623. The Bertz CT molecular complexity index is 18.3. The van der Waals surface area contributed by atoms with E-state index in [1.165, 1.54) is 0 Å². The molecular weight excluding hydrogens is 149 g/mol. The molecule has 1 heteroatoms. The van der Waals surface area contributed by atoms with Crippen molar-refractivity contribution in [3.8, 4) is 0 Å². The van der Waals surface area contributed by atoms with Crippen molar-refractivity contribution < 1.29 is 19.5 Å². The van der Waals surface area contributed by atoms with Crippen molar-refractivity contribution in [1.29, 1.82) is 0 Å². The average molecular weight is 169 g/mol. The van der Waals surface area contributed by atoms with Gasteiger partial charge in [-0.25, -0.2) is 0 Å². The molecule has 0 atom stereocenters. The Morgan fingerprint density at radius 1 is 1.25 bits per heavy atom. The summed E-state index contributed by atoms with van der Waals surface area (Å²) >= 11 is 0. The molecule has 0 fully saturated rings. The maximum atomic E-state index is 3.69. The topological polar surface area (TPSA) is 0 Å². The fourth-order valence-electron chi connectivity index (χ4n) is 0. The van der Waals surface area contributed by atoms with Crippen LogP contribution >= 0.6 is 0 Å². The average Bonchev–Trinajstić information content (AvgIpc) is 1.38. The Balaban J connectivity index is -0.0000000267. The van der Waals surface area contributed by atoms with E-state index in [1.54, 1.807) is 0 Å². The van der Waals surface area contributed by atoms with Crippen molar-refractivity contribution >= 4 is 0 Å². The Morgan fingerprint density at radius 2 is 1.38 bits per heavy atom. The molecule has 0 unspecified atom stereocenters. The van der Waals surface area contributed by atoms with Gasteiger partial charge in [0.1, 0.15) is 0 Å². The summed E-state index contributed by atoms with van der Waals surface area (Å²) in [7, 11) is 0. The van der Waals surface area contributed by atoms with Crippen molar-refractivity contribution in [1.82, 2.24) is 0 Å². The van der Waals surface area contributed by atoms with Gasteiger partial charge >= 0.3 is 0 Å². The van der Waals surface area contributed by atoms with Crippen LogP contribution in [0.1, 0.15) is 35.1 Å². The zero-order valence-corrected chi connectivity index (χ0v) is 7.67. The molecule has 0 aliphatic carbocycles. The second-order valence-electron chi connectivity index (χ2n) is 1.68. The molecule has 0 aromatic rings. The smallest absolute Gasteiger partial charge is 0 e. The largest absolute Gasteiger partial charge is 0.343 e. The fraction of sp³-hybridized carbons (Fsp3) is 0.857. The minimum atomic E-state index is 0. The van der Waals surface area contributed by atoms with Crippen LogP contribution in [0.5, 0.6) is 0 Å². The van der Waals surface area contributed by atoms with Gasteiger partial charge in [-0.05, 0) is 0 Å². The first kappa shape index (κ1) is 23.4. The molecule has 0 amide bonds. The van der Waals surface area contributed by atoms with Crippen LogP contribution in [0.25, 0.3) is 0 Å². The standard InChI is InChI=1S/C5H11.2CH4.Zn/c1-4-5(2)3;;;/h5H,1,4H2,2-3H3;2*1H4;/q-1;;;. The maximum Gasteiger partial charge on any atom is 0 e. The molecule has 0 radical (unpaired) electrons. The van der Waals surface area contributed by atoms with Crippen molar-refractivity contribution in [2.45, 2.75) is 35.1 Å². The van der Waals surface area contributed by atoms with E-state index in [9.17, 15) is 0 Å². The molecule has 0 nitrogen and oxygen atoms in total. The van der Waals surface area contributed by atoms with Gasteiger partial charge in [0.05, 0.1) is 0 Å². The van der Waals surface area contributed by atoms with E-state index in [2.05, 4.69) is 20.8 Å². The first-order valence-electron chi connectivity index (χ1n) is 2.06. The van der Waals surface area contributed by atoms with Crippen molar-refractivity contribution in [2.24, 2.45) is 5.92 Å². The van der Waals surface area contributed by atoms with E-state index in [4.69, 9.17) is 0 Å². The quantitative estimate of drug-likeness (QED) is 0.417. The fourth-order valence-corrected chi connectivity index (χ4v) is 0. The summed E-state index contributed by atoms with van der Waals surface area (Å²) in [5, 5.41) is 0. The summed E-state index contributed by atoms with van der Waals surface area (Å²) in [5.41, 5.74) is 0. The third-order valence-corrected chi connectivity index (χ3v) is 0.577. The summed E-state index contributed by atoms with van der Waals surface area (Å²) in [4.78, 5) is 0. The van der Waals surface area contributed by atoms with E-state index in [0.717, 1.165) is 12.3 Å². The summed E-state index contributed by atoms with van der Waals surface area (Å²) < 4.78 is 0. The third kappa shape index (κ3) is 30.4. The molecule has 0 aliphatic rings. The minimum absolute atomic E-state index is 0. The molecule has 0 saturated heterocycles.